The first-order valence-electron chi connectivity index (χ1n) is 12.9. The van der Waals surface area contributed by atoms with Gasteiger partial charge in [0.05, 0.1) is 17.3 Å². The number of pyridine rings is 1. The number of benzene rings is 2. The predicted octanol–water partition coefficient (Wildman–Crippen LogP) is 5.80. The highest BCUT2D eigenvalue weighted by atomic mass is 19.4. The normalized spacial score (nSPS) is 12.9. The lowest BCUT2D eigenvalue weighted by atomic mass is 9.88. The monoisotopic (exact) mass is 567 g/mol. The number of fused-ring (bicyclic) bond motifs is 1. The number of primary amides is 1. The summed E-state index contributed by atoms with van der Waals surface area (Å²) in [4.78, 5) is 15.6. The molecule has 4 aromatic rings. The van der Waals surface area contributed by atoms with Gasteiger partial charge in [0.25, 0.3) is 0 Å². The van der Waals surface area contributed by atoms with Gasteiger partial charge in [0, 0.05) is 36.5 Å². The van der Waals surface area contributed by atoms with Gasteiger partial charge in [0.2, 0.25) is 17.7 Å². The number of nitrogens with two attached hydrogens (primary N) is 1. The fraction of sp³-hybridized carbons (Fsp3) is 0.233. The van der Waals surface area contributed by atoms with Crippen molar-refractivity contribution in [3.63, 3.8) is 0 Å². The van der Waals surface area contributed by atoms with Crippen LogP contribution < -0.4 is 15.8 Å². The van der Waals surface area contributed by atoms with Crippen LogP contribution in [0.4, 0.5) is 17.6 Å². The van der Waals surface area contributed by atoms with E-state index in [2.05, 4.69) is 20.5 Å². The average Bonchev–Trinajstić information content (AvgIpc) is 3.32. The van der Waals surface area contributed by atoms with Gasteiger partial charge in [0.15, 0.2) is 0 Å². The van der Waals surface area contributed by atoms with Crippen molar-refractivity contribution in [3.05, 3.63) is 101 Å². The van der Waals surface area contributed by atoms with Gasteiger partial charge in [-0.1, -0.05) is 49.4 Å². The molecule has 2 aromatic carbocycles. The Bertz CT molecular complexity index is 1540. The number of allylic oxidation sites excluding steroid dienone is 1. The van der Waals surface area contributed by atoms with Crippen LogP contribution in [-0.4, -0.2) is 47.0 Å². The number of halogens is 4. The third kappa shape index (κ3) is 7.79. The van der Waals surface area contributed by atoms with E-state index in [0.29, 0.717) is 47.3 Å². The summed E-state index contributed by atoms with van der Waals surface area (Å²) in [6.45, 7) is 3.01. The number of alkyl halides is 3. The van der Waals surface area contributed by atoms with Crippen LogP contribution >= 0.6 is 0 Å². The number of carbonyl (C=O) groups is 1. The van der Waals surface area contributed by atoms with Gasteiger partial charge in [-0.3, -0.25) is 9.89 Å². The molecule has 0 spiro atoms. The van der Waals surface area contributed by atoms with E-state index < -0.39 is 24.5 Å². The number of nitrogens with one attached hydrogen (secondary N) is 2. The van der Waals surface area contributed by atoms with E-state index in [1.54, 1.807) is 60.7 Å². The smallest absolute Gasteiger partial charge is 0.393 e. The van der Waals surface area contributed by atoms with Crippen LogP contribution in [-0.2, 0) is 4.79 Å². The number of amides is 1. The van der Waals surface area contributed by atoms with E-state index in [0.717, 1.165) is 0 Å². The molecule has 0 atom stereocenters. The maximum absolute atomic E-state index is 14.4. The molecular weight excluding hydrogens is 538 g/mol. The molecule has 4 N–H and O–H groups in total. The predicted molar refractivity (Wildman–Crippen MR) is 149 cm³/mol. The zero-order chi connectivity index (χ0) is 29.4. The Morgan fingerprint density at radius 2 is 1.83 bits per heavy atom. The maximum Gasteiger partial charge on any atom is 0.393 e. The first-order chi connectivity index (χ1) is 19.7. The maximum atomic E-state index is 14.4. The molecule has 0 fully saturated rings. The molecule has 0 aliphatic carbocycles. The van der Waals surface area contributed by atoms with Crippen LogP contribution in [0.1, 0.15) is 36.5 Å². The second-order valence-electron chi connectivity index (χ2n) is 9.17. The number of hydrogen-bond donors (Lipinski definition) is 3. The molecule has 2 heterocycles. The molecule has 0 unspecified atom stereocenters. The molecule has 0 aliphatic heterocycles. The van der Waals surface area contributed by atoms with Crippen LogP contribution in [0.25, 0.3) is 22.0 Å². The number of aromatic nitrogens is 3. The minimum atomic E-state index is -4.50. The standard InChI is InChI=1S/C30H29F4N5O2/c1-2-19(29(35)40)12-13-36-14-15-41-26-11-9-22(18-37-26)27(21-8-10-25-23(16-21)28(31)39-38-25)24(17-30(32,33)34)20-6-4-3-5-7-20/h3-12,16,18,36H,2,13-15,17H2,1H3,(H2,35,40)(H,38,39)/b19-12+,27-24-. The quantitative estimate of drug-likeness (QED) is 0.0869. The molecule has 11 heteroatoms. The van der Waals surface area contributed by atoms with Gasteiger partial charge in [0.1, 0.15) is 6.61 Å². The summed E-state index contributed by atoms with van der Waals surface area (Å²) < 4.78 is 61.6. The first-order valence-corrected chi connectivity index (χ1v) is 12.9. The van der Waals surface area contributed by atoms with Crippen LogP contribution in [0.3, 0.4) is 0 Å². The van der Waals surface area contributed by atoms with Crippen molar-refractivity contribution in [1.82, 2.24) is 20.5 Å². The van der Waals surface area contributed by atoms with Crippen molar-refractivity contribution < 1.29 is 27.1 Å². The van der Waals surface area contributed by atoms with Crippen molar-refractivity contribution in [2.45, 2.75) is 25.9 Å². The highest BCUT2D eigenvalue weighted by Gasteiger charge is 2.31. The molecule has 7 nitrogen and oxygen atoms in total. The van der Waals surface area contributed by atoms with E-state index in [4.69, 9.17) is 10.5 Å². The molecule has 0 aliphatic rings. The molecule has 0 saturated carbocycles. The zero-order valence-electron chi connectivity index (χ0n) is 22.3. The second kappa shape index (κ2) is 13.2. The van der Waals surface area contributed by atoms with Gasteiger partial charge in [-0.05, 0) is 46.9 Å². The Morgan fingerprint density at radius 3 is 2.49 bits per heavy atom. The fourth-order valence-electron chi connectivity index (χ4n) is 4.38. The molecule has 2 aromatic heterocycles. The zero-order valence-corrected chi connectivity index (χ0v) is 22.3. The van der Waals surface area contributed by atoms with E-state index in [9.17, 15) is 22.4 Å². The Kier molecular flexibility index (Phi) is 9.51. The SMILES string of the molecule is CC/C(=C\CNCCOc1ccc(/C(=C(/CC(F)(F)F)c2ccccc2)c2ccc3n[nH]c(F)c3c2)cn1)C(N)=O. The molecule has 0 saturated heterocycles. The average molecular weight is 568 g/mol. The highest BCUT2D eigenvalue weighted by molar-refractivity contribution is 6.00. The van der Waals surface area contributed by atoms with Crippen LogP contribution in [0.5, 0.6) is 5.88 Å². The van der Waals surface area contributed by atoms with Crippen LogP contribution in [0, 0.1) is 5.95 Å². The Morgan fingerprint density at radius 1 is 1.07 bits per heavy atom. The number of nitrogens with zero attached hydrogens (tertiary/aromatic N) is 2. The summed E-state index contributed by atoms with van der Waals surface area (Å²) in [7, 11) is 0. The number of ether oxygens (including phenoxy) is 1. The van der Waals surface area contributed by atoms with Crippen LogP contribution in [0.15, 0.2) is 78.5 Å². The minimum Gasteiger partial charge on any atom is -0.476 e. The lowest BCUT2D eigenvalue weighted by Gasteiger charge is -2.19. The number of aromatic amines is 1. The molecular formula is C30H29F4N5O2. The topological polar surface area (TPSA) is 106 Å². The van der Waals surface area contributed by atoms with E-state index in [1.165, 1.54) is 12.3 Å². The van der Waals surface area contributed by atoms with Crippen molar-refractivity contribution in [1.29, 1.82) is 0 Å². The van der Waals surface area contributed by atoms with Gasteiger partial charge in [-0.2, -0.15) is 22.7 Å². The summed E-state index contributed by atoms with van der Waals surface area (Å²) in [6, 6.07) is 16.1. The third-order valence-corrected chi connectivity index (χ3v) is 6.34. The lowest BCUT2D eigenvalue weighted by molar-refractivity contribution is -0.123. The molecule has 0 radical (unpaired) electrons. The Balaban J connectivity index is 1.64. The van der Waals surface area contributed by atoms with Crippen molar-refractivity contribution >= 4 is 28.0 Å². The van der Waals surface area contributed by atoms with E-state index in [-0.39, 0.29) is 29.0 Å². The van der Waals surface area contributed by atoms with Gasteiger partial charge >= 0.3 is 6.18 Å². The molecule has 1 amide bonds. The third-order valence-electron chi connectivity index (χ3n) is 6.34. The molecule has 0 bridgehead atoms. The van der Waals surface area contributed by atoms with Crippen molar-refractivity contribution in [2.24, 2.45) is 5.73 Å². The summed E-state index contributed by atoms with van der Waals surface area (Å²) in [5.41, 5.74) is 7.66. The van der Waals surface area contributed by atoms with E-state index in [1.807, 2.05) is 6.92 Å². The van der Waals surface area contributed by atoms with E-state index >= 15 is 0 Å². The fourth-order valence-corrected chi connectivity index (χ4v) is 4.38. The van der Waals surface area contributed by atoms with Crippen molar-refractivity contribution in [3.8, 4) is 5.88 Å². The Labute approximate surface area is 234 Å². The number of H-pyrrole nitrogens is 1. The number of rotatable bonds is 12. The first kappa shape index (κ1) is 29.5. The molecule has 214 valence electrons. The minimum absolute atomic E-state index is 0.0245. The summed E-state index contributed by atoms with van der Waals surface area (Å²) in [6.07, 6.45) is -2.00. The summed E-state index contributed by atoms with van der Waals surface area (Å²) >= 11 is 0. The molecule has 4 rings (SSSR count). The second-order valence-corrected chi connectivity index (χ2v) is 9.17. The highest BCUT2D eigenvalue weighted by Crippen LogP contribution is 2.40. The van der Waals surface area contributed by atoms with Crippen molar-refractivity contribution in [2.75, 3.05) is 19.7 Å². The lowest BCUT2D eigenvalue weighted by Crippen LogP contribution is -2.22. The Hall–Kier alpha value is -4.51. The van der Waals surface area contributed by atoms with Gasteiger partial charge < -0.3 is 15.8 Å². The largest absolute Gasteiger partial charge is 0.476 e. The number of hydrogen-bond acceptors (Lipinski definition) is 5. The summed E-state index contributed by atoms with van der Waals surface area (Å²) in [5, 5.41) is 9.42. The summed E-state index contributed by atoms with van der Waals surface area (Å²) in [5.74, 6) is -0.848. The van der Waals surface area contributed by atoms with Gasteiger partial charge in [-0.25, -0.2) is 4.98 Å². The van der Waals surface area contributed by atoms with Crippen LogP contribution in [0.2, 0.25) is 0 Å². The van der Waals surface area contributed by atoms with Gasteiger partial charge in [-0.15, -0.1) is 0 Å². The molecule has 41 heavy (non-hydrogen) atoms. The number of carbonyl (C=O) groups excluding carboxylic acids is 1.